The minimum atomic E-state index is -2.56. The number of alkyl halides is 2. The van der Waals surface area contributed by atoms with Crippen LogP contribution in [0.3, 0.4) is 0 Å². The van der Waals surface area contributed by atoms with E-state index in [-0.39, 0.29) is 45.6 Å². The van der Waals surface area contributed by atoms with Crippen LogP contribution in [0.4, 0.5) is 13.2 Å². The minimum Gasteiger partial charge on any atom is -0.484 e. The zero-order valence-electron chi connectivity index (χ0n) is 15.9. The molecule has 2 aromatic rings. The van der Waals surface area contributed by atoms with Crippen LogP contribution in [-0.4, -0.2) is 23.8 Å². The van der Waals surface area contributed by atoms with Gasteiger partial charge in [-0.1, -0.05) is 35.9 Å². The second-order valence-electron chi connectivity index (χ2n) is 8.25. The summed E-state index contributed by atoms with van der Waals surface area (Å²) in [4.78, 5) is 24.6. The lowest BCUT2D eigenvalue weighted by atomic mass is 9.38. The van der Waals surface area contributed by atoms with Crippen molar-refractivity contribution in [3.05, 3.63) is 64.4 Å². The maximum atomic E-state index is 13.4. The van der Waals surface area contributed by atoms with E-state index in [0.29, 0.717) is 31.2 Å². The number of rotatable bonds is 8. The molecule has 3 fully saturated rings. The summed E-state index contributed by atoms with van der Waals surface area (Å²) in [6.45, 7) is -0.245. The highest BCUT2D eigenvalue weighted by Gasteiger charge is 2.68. The summed E-state index contributed by atoms with van der Waals surface area (Å²) in [6.07, 6.45) is -0.135. The topological polar surface area (TPSA) is 55.4 Å². The number of benzene rings is 2. The molecule has 30 heavy (non-hydrogen) atoms. The molecule has 0 radical (unpaired) electrons. The van der Waals surface area contributed by atoms with Crippen LogP contribution in [0, 0.1) is 11.2 Å². The van der Waals surface area contributed by atoms with Gasteiger partial charge >= 0.3 is 0 Å². The number of ether oxygens (including phenoxy) is 1. The van der Waals surface area contributed by atoms with Gasteiger partial charge in [0.15, 0.2) is 12.4 Å². The molecule has 0 heterocycles. The van der Waals surface area contributed by atoms with Crippen LogP contribution in [0.1, 0.15) is 48.0 Å². The number of hydrogen-bond donors (Lipinski definition) is 1. The fourth-order valence-corrected chi connectivity index (χ4v) is 4.74. The van der Waals surface area contributed by atoms with Crippen LogP contribution in [0.2, 0.25) is 5.02 Å². The number of amides is 1. The Bertz CT molecular complexity index is 974. The maximum Gasteiger partial charge on any atom is 0.263 e. The molecule has 2 aromatic carbocycles. The Morgan fingerprint density at radius 3 is 2.37 bits per heavy atom. The zero-order chi connectivity index (χ0) is 21.5. The Morgan fingerprint density at radius 2 is 1.77 bits per heavy atom. The van der Waals surface area contributed by atoms with E-state index in [1.54, 1.807) is 0 Å². The van der Waals surface area contributed by atoms with Gasteiger partial charge in [-0.05, 0) is 36.8 Å². The monoisotopic (exact) mass is 437 g/mol. The second kappa shape index (κ2) is 7.61. The standard InChI is InChI=1S/C22H19ClF3NO3/c23-16-6-5-15(7-17(16)24)30-9-19(29)27-22-10-21(11-22,12-22)8-18(28)13-1-3-14(4-2-13)20(25)26/h1-7,20H,8-12H2,(H,27,29). The fraction of sp³-hybridized carbons (Fsp3) is 0.364. The highest BCUT2D eigenvalue weighted by atomic mass is 35.5. The molecule has 1 N–H and O–H groups in total. The van der Waals surface area contributed by atoms with Gasteiger partial charge in [0.2, 0.25) is 0 Å². The van der Waals surface area contributed by atoms with Gasteiger partial charge in [0.25, 0.3) is 12.3 Å². The zero-order valence-corrected chi connectivity index (χ0v) is 16.6. The molecule has 0 aromatic heterocycles. The molecule has 4 nitrogen and oxygen atoms in total. The third-order valence-electron chi connectivity index (χ3n) is 5.83. The van der Waals surface area contributed by atoms with Gasteiger partial charge < -0.3 is 10.1 Å². The number of nitrogens with one attached hydrogen (secondary N) is 1. The summed E-state index contributed by atoms with van der Waals surface area (Å²) in [5, 5.41) is 2.91. The normalized spacial score (nSPS) is 24.0. The lowest BCUT2D eigenvalue weighted by Gasteiger charge is -2.70. The number of hydrogen-bond acceptors (Lipinski definition) is 3. The van der Waals surface area contributed by atoms with E-state index >= 15 is 0 Å². The smallest absolute Gasteiger partial charge is 0.263 e. The molecule has 0 unspecified atom stereocenters. The molecule has 8 heteroatoms. The van der Waals surface area contributed by atoms with E-state index in [2.05, 4.69) is 5.32 Å². The van der Waals surface area contributed by atoms with Gasteiger partial charge in [-0.3, -0.25) is 9.59 Å². The van der Waals surface area contributed by atoms with E-state index in [1.807, 2.05) is 0 Å². The van der Waals surface area contributed by atoms with Gasteiger partial charge in [0, 0.05) is 29.2 Å². The van der Waals surface area contributed by atoms with E-state index < -0.39 is 12.2 Å². The predicted molar refractivity (Wildman–Crippen MR) is 104 cm³/mol. The van der Waals surface area contributed by atoms with Crippen molar-refractivity contribution in [2.45, 2.75) is 37.6 Å². The first-order valence-corrected chi connectivity index (χ1v) is 9.87. The maximum absolute atomic E-state index is 13.4. The van der Waals surface area contributed by atoms with Crippen LogP contribution in [0.25, 0.3) is 0 Å². The van der Waals surface area contributed by atoms with Gasteiger partial charge in [-0.25, -0.2) is 13.2 Å². The average molecular weight is 438 g/mol. The number of Topliss-reactive ketones (excluding diaryl/α,β-unsaturated/α-hetero) is 1. The average Bonchev–Trinajstić information content (AvgIpc) is 2.66. The molecule has 3 aliphatic rings. The van der Waals surface area contributed by atoms with Crippen molar-refractivity contribution in [1.29, 1.82) is 0 Å². The quantitative estimate of drug-likeness (QED) is 0.584. The summed E-state index contributed by atoms with van der Waals surface area (Å²) in [7, 11) is 0. The molecule has 2 bridgehead atoms. The second-order valence-corrected chi connectivity index (χ2v) is 8.65. The molecule has 1 amide bonds. The van der Waals surface area contributed by atoms with Gasteiger partial charge in [-0.2, -0.15) is 0 Å². The summed E-state index contributed by atoms with van der Waals surface area (Å²) >= 11 is 5.61. The van der Waals surface area contributed by atoms with Crippen molar-refractivity contribution in [3.63, 3.8) is 0 Å². The van der Waals surface area contributed by atoms with Crippen LogP contribution < -0.4 is 10.1 Å². The highest BCUT2D eigenvalue weighted by Crippen LogP contribution is 2.69. The molecular formula is C22H19ClF3NO3. The summed E-state index contributed by atoms with van der Waals surface area (Å²) in [5.41, 5.74) is -0.134. The van der Waals surface area contributed by atoms with E-state index in [1.165, 1.54) is 36.4 Å². The third-order valence-corrected chi connectivity index (χ3v) is 6.13. The van der Waals surface area contributed by atoms with Crippen molar-refractivity contribution in [2.24, 2.45) is 5.41 Å². The molecule has 0 spiro atoms. The van der Waals surface area contributed by atoms with E-state index in [9.17, 15) is 22.8 Å². The molecule has 0 aliphatic heterocycles. The predicted octanol–water partition coefficient (Wildman–Crippen LogP) is 5.11. The van der Waals surface area contributed by atoms with Crippen molar-refractivity contribution in [2.75, 3.05) is 6.61 Å². The Balaban J connectivity index is 1.23. The molecule has 158 valence electrons. The first-order valence-electron chi connectivity index (χ1n) is 9.50. The number of carbonyl (C=O) groups is 2. The van der Waals surface area contributed by atoms with Gasteiger partial charge in [0.1, 0.15) is 11.6 Å². The lowest BCUT2D eigenvalue weighted by molar-refractivity contribution is -0.164. The number of ketones is 1. The summed E-state index contributed by atoms with van der Waals surface area (Å²) < 4.78 is 43.9. The van der Waals surface area contributed by atoms with Gasteiger partial charge in [-0.15, -0.1) is 0 Å². The molecular weight excluding hydrogens is 419 g/mol. The Labute approximate surface area is 176 Å². The SMILES string of the molecule is O=C(COc1ccc(Cl)c(F)c1)NC12CC(CC(=O)c3ccc(C(F)F)cc3)(C1)C2. The first kappa shape index (κ1) is 20.7. The van der Waals surface area contributed by atoms with Crippen LogP contribution in [-0.2, 0) is 4.79 Å². The van der Waals surface area contributed by atoms with Crippen molar-refractivity contribution < 1.29 is 27.5 Å². The molecule has 3 saturated carbocycles. The summed E-state index contributed by atoms with van der Waals surface area (Å²) in [5.74, 6) is -0.801. The van der Waals surface area contributed by atoms with Crippen LogP contribution >= 0.6 is 11.6 Å². The van der Waals surface area contributed by atoms with Crippen LogP contribution in [0.5, 0.6) is 5.75 Å². The minimum absolute atomic E-state index is 0.0227. The first-order chi connectivity index (χ1) is 14.2. The lowest BCUT2D eigenvalue weighted by Crippen LogP contribution is -2.75. The molecule has 5 rings (SSSR count). The van der Waals surface area contributed by atoms with Crippen LogP contribution in [0.15, 0.2) is 42.5 Å². The summed E-state index contributed by atoms with van der Waals surface area (Å²) in [6, 6.07) is 9.36. The molecule has 0 atom stereocenters. The van der Waals surface area contributed by atoms with E-state index in [0.717, 1.165) is 6.07 Å². The van der Waals surface area contributed by atoms with Crippen molar-refractivity contribution in [1.82, 2.24) is 5.32 Å². The highest BCUT2D eigenvalue weighted by molar-refractivity contribution is 6.30. The number of carbonyl (C=O) groups excluding carboxylic acids is 2. The molecule has 0 saturated heterocycles. The Morgan fingerprint density at radius 1 is 1.10 bits per heavy atom. The van der Waals surface area contributed by atoms with E-state index in [4.69, 9.17) is 16.3 Å². The van der Waals surface area contributed by atoms with Crippen molar-refractivity contribution in [3.8, 4) is 5.75 Å². The van der Waals surface area contributed by atoms with Crippen molar-refractivity contribution >= 4 is 23.3 Å². The number of halogens is 4. The molecule has 3 aliphatic carbocycles. The Hall–Kier alpha value is -2.54. The third kappa shape index (κ3) is 4.03. The van der Waals surface area contributed by atoms with Gasteiger partial charge in [0.05, 0.1) is 5.02 Å². The fourth-order valence-electron chi connectivity index (χ4n) is 4.62. The largest absolute Gasteiger partial charge is 0.484 e. The Kier molecular flexibility index (Phi) is 5.26.